The monoisotopic (exact) mass is 420 g/mol. The molecular weight excluding hydrogens is 397 g/mol. The fraction of sp³-hybridized carbons (Fsp3) is 0.350. The lowest BCUT2D eigenvalue weighted by molar-refractivity contribution is -0.138. The van der Waals surface area contributed by atoms with Crippen molar-refractivity contribution in [2.45, 2.75) is 32.2 Å². The van der Waals surface area contributed by atoms with Crippen LogP contribution in [0.2, 0.25) is 0 Å². The van der Waals surface area contributed by atoms with Gasteiger partial charge in [-0.25, -0.2) is 5.43 Å². The van der Waals surface area contributed by atoms with E-state index in [1.54, 1.807) is 24.1 Å². The summed E-state index contributed by atoms with van der Waals surface area (Å²) in [7, 11) is 0. The van der Waals surface area contributed by atoms with E-state index in [0.29, 0.717) is 30.4 Å². The summed E-state index contributed by atoms with van der Waals surface area (Å²) >= 11 is 0. The number of hydrazine groups is 1. The van der Waals surface area contributed by atoms with Gasteiger partial charge in [0, 0.05) is 12.2 Å². The number of carbonyl (C=O) groups is 1. The van der Waals surface area contributed by atoms with Crippen molar-refractivity contribution in [3.05, 3.63) is 70.3 Å². The van der Waals surface area contributed by atoms with Gasteiger partial charge in [0.25, 0.3) is 5.91 Å². The zero-order valence-corrected chi connectivity index (χ0v) is 16.5. The van der Waals surface area contributed by atoms with E-state index in [1.165, 1.54) is 12.1 Å². The third kappa shape index (κ3) is 3.75. The first-order chi connectivity index (χ1) is 14.3. The number of rotatable bonds is 3. The van der Waals surface area contributed by atoms with E-state index >= 15 is 0 Å². The molecule has 1 amide bonds. The number of halogens is 3. The molecule has 0 saturated heterocycles. The van der Waals surface area contributed by atoms with Crippen LogP contribution in [-0.2, 0) is 11.0 Å². The Hall–Kier alpha value is -2.98. The Balaban J connectivity index is 1.62. The van der Waals surface area contributed by atoms with Crippen LogP contribution in [0, 0.1) is 0 Å². The van der Waals surface area contributed by atoms with Crippen molar-refractivity contribution in [3.63, 3.8) is 0 Å². The van der Waals surface area contributed by atoms with Crippen molar-refractivity contribution in [1.29, 1.82) is 0 Å². The third-order valence-corrected chi connectivity index (χ3v) is 5.27. The van der Waals surface area contributed by atoms with E-state index in [9.17, 15) is 18.0 Å². The van der Waals surface area contributed by atoms with Crippen LogP contribution < -0.4 is 26.7 Å². The summed E-state index contributed by atoms with van der Waals surface area (Å²) < 4.78 is 40.6. The second-order valence-corrected chi connectivity index (χ2v) is 7.37. The highest BCUT2D eigenvalue weighted by Gasteiger charge is 2.41. The molecule has 5 N–H and O–H groups in total. The minimum Gasteiger partial charge on any atom is -0.362 e. The SMILES string of the molecule is CC1=CC(c2ccccc2C(F)(F)F)NN2C(C(=O)NC3=CCNCN3)=C(C)NC12. The Labute approximate surface area is 172 Å². The molecule has 0 spiro atoms. The van der Waals surface area contributed by atoms with Crippen molar-refractivity contribution in [2.24, 2.45) is 0 Å². The van der Waals surface area contributed by atoms with E-state index in [-0.39, 0.29) is 17.6 Å². The smallest absolute Gasteiger partial charge is 0.362 e. The first-order valence-electron chi connectivity index (χ1n) is 9.59. The molecule has 0 aliphatic carbocycles. The summed E-state index contributed by atoms with van der Waals surface area (Å²) in [6, 6.07) is 4.74. The summed E-state index contributed by atoms with van der Waals surface area (Å²) in [6.07, 6.45) is -1.26. The number of alkyl halides is 3. The summed E-state index contributed by atoms with van der Waals surface area (Å²) in [5.41, 5.74) is 4.29. The number of hydrogen-bond acceptors (Lipinski definition) is 6. The highest BCUT2D eigenvalue weighted by Crippen LogP contribution is 2.38. The number of benzene rings is 1. The Morgan fingerprint density at radius 3 is 2.70 bits per heavy atom. The maximum Gasteiger partial charge on any atom is 0.416 e. The van der Waals surface area contributed by atoms with E-state index in [2.05, 4.69) is 26.7 Å². The number of amides is 1. The Morgan fingerprint density at radius 1 is 1.23 bits per heavy atom. The van der Waals surface area contributed by atoms with Crippen LogP contribution in [0.15, 0.2) is 59.2 Å². The molecule has 0 fully saturated rings. The minimum atomic E-state index is -4.47. The van der Waals surface area contributed by atoms with Gasteiger partial charge in [-0.3, -0.25) is 15.1 Å². The topological polar surface area (TPSA) is 80.5 Å². The Kier molecular flexibility index (Phi) is 5.20. The molecule has 4 rings (SSSR count). The van der Waals surface area contributed by atoms with Gasteiger partial charge < -0.3 is 16.0 Å². The highest BCUT2D eigenvalue weighted by molar-refractivity contribution is 5.95. The number of nitrogens with zero attached hydrogens (tertiary/aromatic N) is 1. The minimum absolute atomic E-state index is 0.106. The fourth-order valence-electron chi connectivity index (χ4n) is 3.86. The predicted molar refractivity (Wildman–Crippen MR) is 105 cm³/mol. The number of carbonyl (C=O) groups excluding carboxylic acids is 1. The molecule has 2 unspecified atom stereocenters. The van der Waals surface area contributed by atoms with Gasteiger partial charge in [-0.1, -0.05) is 24.3 Å². The third-order valence-electron chi connectivity index (χ3n) is 5.27. The average molecular weight is 420 g/mol. The van der Waals surface area contributed by atoms with E-state index in [1.807, 2.05) is 13.0 Å². The van der Waals surface area contributed by atoms with Gasteiger partial charge in [-0.05, 0) is 37.1 Å². The normalized spacial score (nSPS) is 23.8. The number of nitrogens with one attached hydrogen (secondary N) is 5. The number of fused-ring (bicyclic) bond motifs is 1. The van der Waals surface area contributed by atoms with Gasteiger partial charge in [-0.2, -0.15) is 13.2 Å². The van der Waals surface area contributed by atoms with Crippen LogP contribution in [0.4, 0.5) is 13.2 Å². The van der Waals surface area contributed by atoms with Gasteiger partial charge in [0.15, 0.2) is 0 Å². The summed E-state index contributed by atoms with van der Waals surface area (Å²) in [5, 5.41) is 13.8. The van der Waals surface area contributed by atoms with Crippen LogP contribution in [0.3, 0.4) is 0 Å². The maximum atomic E-state index is 13.5. The quantitative estimate of drug-likeness (QED) is 0.480. The molecule has 3 aliphatic rings. The predicted octanol–water partition coefficient (Wildman–Crippen LogP) is 1.78. The van der Waals surface area contributed by atoms with Crippen molar-refractivity contribution < 1.29 is 18.0 Å². The molecule has 10 heteroatoms. The lowest BCUT2D eigenvalue weighted by atomic mass is 9.96. The first-order valence-corrected chi connectivity index (χ1v) is 9.59. The molecular formula is C20H23F3N6O. The number of hydrogen-bond donors (Lipinski definition) is 5. The van der Waals surface area contributed by atoms with Crippen LogP contribution in [0.5, 0.6) is 0 Å². The molecule has 0 bridgehead atoms. The molecule has 0 saturated carbocycles. The zero-order valence-electron chi connectivity index (χ0n) is 16.5. The van der Waals surface area contributed by atoms with Crippen molar-refractivity contribution >= 4 is 5.91 Å². The van der Waals surface area contributed by atoms with Gasteiger partial charge in [-0.15, -0.1) is 0 Å². The maximum absolute atomic E-state index is 13.5. The standard InChI is InChI=1S/C20H23F3N6O/c1-11-9-15(13-5-3-4-6-14(13)20(21,22)23)28-29-17(12(2)26-18(11)29)19(30)27-16-7-8-24-10-25-16/h3-7,9,15,18,24-26,28H,8,10H2,1-2H3,(H,27,30). The average Bonchev–Trinajstić information content (AvgIpc) is 3.04. The van der Waals surface area contributed by atoms with E-state index in [0.717, 1.165) is 11.6 Å². The Morgan fingerprint density at radius 2 is 2.00 bits per heavy atom. The number of allylic oxidation sites excluding steroid dienone is 1. The molecule has 30 heavy (non-hydrogen) atoms. The largest absolute Gasteiger partial charge is 0.416 e. The van der Waals surface area contributed by atoms with Crippen LogP contribution in [0.25, 0.3) is 0 Å². The lowest BCUT2D eigenvalue weighted by Crippen LogP contribution is -2.53. The van der Waals surface area contributed by atoms with Crippen molar-refractivity contribution in [2.75, 3.05) is 13.2 Å². The molecule has 3 aliphatic heterocycles. The molecule has 1 aromatic rings. The first kappa shape index (κ1) is 20.3. The molecule has 0 radical (unpaired) electrons. The van der Waals surface area contributed by atoms with Gasteiger partial charge in [0.05, 0.1) is 18.3 Å². The zero-order chi connectivity index (χ0) is 21.5. The highest BCUT2D eigenvalue weighted by atomic mass is 19.4. The second-order valence-electron chi connectivity index (χ2n) is 7.37. The molecule has 7 nitrogen and oxygen atoms in total. The van der Waals surface area contributed by atoms with E-state index < -0.39 is 17.8 Å². The Bertz CT molecular complexity index is 952. The van der Waals surface area contributed by atoms with Crippen LogP contribution >= 0.6 is 0 Å². The second kappa shape index (κ2) is 7.69. The van der Waals surface area contributed by atoms with Gasteiger partial charge in [0.2, 0.25) is 0 Å². The van der Waals surface area contributed by atoms with Crippen LogP contribution in [0.1, 0.15) is 31.0 Å². The fourth-order valence-corrected chi connectivity index (χ4v) is 3.86. The molecule has 3 heterocycles. The van der Waals surface area contributed by atoms with Gasteiger partial charge >= 0.3 is 6.18 Å². The molecule has 160 valence electrons. The molecule has 2 atom stereocenters. The summed E-state index contributed by atoms with van der Waals surface area (Å²) in [5.74, 6) is 0.235. The summed E-state index contributed by atoms with van der Waals surface area (Å²) in [4.78, 5) is 13.0. The summed E-state index contributed by atoms with van der Waals surface area (Å²) in [6.45, 7) is 4.76. The van der Waals surface area contributed by atoms with E-state index in [4.69, 9.17) is 0 Å². The molecule has 1 aromatic carbocycles. The van der Waals surface area contributed by atoms with Crippen molar-refractivity contribution in [3.8, 4) is 0 Å². The van der Waals surface area contributed by atoms with Crippen LogP contribution in [-0.4, -0.2) is 30.3 Å². The molecule has 0 aromatic heterocycles. The van der Waals surface area contributed by atoms with Crippen molar-refractivity contribution in [1.82, 2.24) is 31.7 Å². The lowest BCUT2D eigenvalue weighted by Gasteiger charge is -2.38. The van der Waals surface area contributed by atoms with Gasteiger partial charge in [0.1, 0.15) is 17.7 Å².